The zero-order valence-corrected chi connectivity index (χ0v) is 15.1. The Hall–Kier alpha value is -2.30. The number of sulfonamides is 1. The van der Waals surface area contributed by atoms with Crippen LogP contribution in [-0.2, 0) is 16.4 Å². The number of nitrogens with two attached hydrogens (primary N) is 1. The van der Waals surface area contributed by atoms with Crippen LogP contribution in [0.5, 0.6) is 0 Å². The molecule has 0 aromatic heterocycles. The number of fused-ring (bicyclic) bond motifs is 1. The van der Waals surface area contributed by atoms with E-state index < -0.39 is 20.9 Å². The molecular formula is C15H12BrN3O5S. The van der Waals surface area contributed by atoms with E-state index in [1.807, 2.05) is 0 Å². The molecule has 0 radical (unpaired) electrons. The van der Waals surface area contributed by atoms with Crippen molar-refractivity contribution in [3.63, 3.8) is 0 Å². The zero-order valence-electron chi connectivity index (χ0n) is 12.7. The Bertz CT molecular complexity index is 1010. The lowest BCUT2D eigenvalue weighted by Crippen LogP contribution is -2.29. The Morgan fingerprint density at radius 3 is 2.60 bits per heavy atom. The van der Waals surface area contributed by atoms with Crippen molar-refractivity contribution in [1.29, 1.82) is 0 Å². The highest BCUT2D eigenvalue weighted by molar-refractivity contribution is 9.10. The first-order chi connectivity index (χ1) is 11.7. The second kappa shape index (κ2) is 6.21. The van der Waals surface area contributed by atoms with E-state index in [1.54, 1.807) is 6.07 Å². The maximum Gasteiger partial charge on any atom is 0.271 e. The first-order valence-corrected chi connectivity index (χ1v) is 9.44. The quantitative estimate of drug-likeness (QED) is 0.595. The number of anilines is 1. The van der Waals surface area contributed by atoms with Crippen LogP contribution < -0.4 is 10.0 Å². The maximum atomic E-state index is 12.9. The van der Waals surface area contributed by atoms with Crippen molar-refractivity contribution in [2.45, 2.75) is 11.3 Å². The predicted molar refractivity (Wildman–Crippen MR) is 94.0 cm³/mol. The molecule has 1 amide bonds. The second-order valence-electron chi connectivity index (χ2n) is 5.46. The summed E-state index contributed by atoms with van der Waals surface area (Å²) in [5.74, 6) is -0.461. The number of amides is 1. The number of nitro groups is 1. The zero-order chi connectivity index (χ0) is 18.4. The molecule has 0 saturated carbocycles. The Morgan fingerprint density at radius 2 is 1.96 bits per heavy atom. The molecule has 0 fully saturated rings. The third-order valence-corrected chi connectivity index (χ3v) is 5.52. The number of halogens is 1. The number of primary sulfonamides is 1. The number of non-ortho nitro benzene ring substituents is 1. The molecule has 1 aliphatic heterocycles. The van der Waals surface area contributed by atoms with Gasteiger partial charge in [0.05, 0.1) is 21.1 Å². The van der Waals surface area contributed by atoms with Crippen molar-refractivity contribution >= 4 is 43.2 Å². The standard InChI is InChI=1S/C15H12BrN3O5S/c16-13-4-3-11(25(17,23)24)8-12(13)15(20)18-6-5-9-1-2-10(19(21)22)7-14(9)18/h1-4,7-8H,5-6H2,(H2,17,23,24). The molecule has 130 valence electrons. The fourth-order valence-electron chi connectivity index (χ4n) is 2.68. The van der Waals surface area contributed by atoms with Gasteiger partial charge in [0, 0.05) is 23.2 Å². The summed E-state index contributed by atoms with van der Waals surface area (Å²) < 4.78 is 23.4. The number of hydrogen-bond acceptors (Lipinski definition) is 5. The minimum Gasteiger partial charge on any atom is -0.307 e. The number of carbonyl (C=O) groups excluding carboxylic acids is 1. The summed E-state index contributed by atoms with van der Waals surface area (Å²) in [7, 11) is -3.96. The molecule has 1 aliphatic rings. The number of rotatable bonds is 3. The van der Waals surface area contributed by atoms with Crippen LogP contribution in [0.25, 0.3) is 0 Å². The van der Waals surface area contributed by atoms with Crippen LogP contribution in [0.2, 0.25) is 0 Å². The Labute approximate surface area is 151 Å². The normalized spacial score (nSPS) is 13.6. The van der Waals surface area contributed by atoms with Gasteiger partial charge in [0.1, 0.15) is 0 Å². The molecular weight excluding hydrogens is 414 g/mol. The lowest BCUT2D eigenvalue weighted by Gasteiger charge is -2.18. The van der Waals surface area contributed by atoms with Gasteiger partial charge < -0.3 is 4.90 Å². The van der Waals surface area contributed by atoms with E-state index in [0.717, 1.165) is 5.56 Å². The van der Waals surface area contributed by atoms with Gasteiger partial charge in [-0.3, -0.25) is 14.9 Å². The fourth-order valence-corrected chi connectivity index (χ4v) is 3.64. The van der Waals surface area contributed by atoms with Gasteiger partial charge in [-0.15, -0.1) is 0 Å². The van der Waals surface area contributed by atoms with Gasteiger partial charge in [-0.05, 0) is 46.1 Å². The van der Waals surface area contributed by atoms with Gasteiger partial charge in [0.15, 0.2) is 0 Å². The molecule has 0 spiro atoms. The SMILES string of the molecule is NS(=O)(=O)c1ccc(Br)c(C(=O)N2CCc3ccc([N+](=O)[O-])cc32)c1. The van der Waals surface area contributed by atoms with Crippen molar-refractivity contribution in [3.8, 4) is 0 Å². The molecule has 2 aromatic carbocycles. The highest BCUT2D eigenvalue weighted by Gasteiger charge is 2.29. The molecule has 10 heteroatoms. The van der Waals surface area contributed by atoms with Gasteiger partial charge in [-0.2, -0.15) is 0 Å². The highest BCUT2D eigenvalue weighted by Crippen LogP contribution is 2.34. The van der Waals surface area contributed by atoms with Crippen LogP contribution in [-0.4, -0.2) is 25.8 Å². The molecule has 25 heavy (non-hydrogen) atoms. The summed E-state index contributed by atoms with van der Waals surface area (Å²) in [6.07, 6.45) is 0.561. The third kappa shape index (κ3) is 3.28. The van der Waals surface area contributed by atoms with E-state index in [4.69, 9.17) is 5.14 Å². The molecule has 2 N–H and O–H groups in total. The highest BCUT2D eigenvalue weighted by atomic mass is 79.9. The molecule has 0 aliphatic carbocycles. The minimum atomic E-state index is -3.96. The summed E-state index contributed by atoms with van der Waals surface area (Å²) in [5, 5.41) is 16.1. The monoisotopic (exact) mass is 425 g/mol. The lowest BCUT2D eigenvalue weighted by molar-refractivity contribution is -0.384. The van der Waals surface area contributed by atoms with Crippen molar-refractivity contribution in [3.05, 3.63) is 62.1 Å². The summed E-state index contributed by atoms with van der Waals surface area (Å²) in [6.45, 7) is 0.349. The van der Waals surface area contributed by atoms with Gasteiger partial charge in [-0.1, -0.05) is 6.07 Å². The molecule has 2 aromatic rings. The van der Waals surface area contributed by atoms with Gasteiger partial charge >= 0.3 is 0 Å². The van der Waals surface area contributed by atoms with Crippen molar-refractivity contribution in [2.24, 2.45) is 5.14 Å². The van der Waals surface area contributed by atoms with E-state index in [2.05, 4.69) is 15.9 Å². The predicted octanol–water partition coefficient (Wildman–Crippen LogP) is 2.21. The number of carbonyl (C=O) groups is 1. The Kier molecular flexibility index (Phi) is 4.35. The van der Waals surface area contributed by atoms with E-state index in [9.17, 15) is 23.3 Å². The molecule has 0 bridgehead atoms. The lowest BCUT2D eigenvalue weighted by atomic mass is 10.1. The Morgan fingerprint density at radius 1 is 1.24 bits per heavy atom. The van der Waals surface area contributed by atoms with Crippen LogP contribution in [0.4, 0.5) is 11.4 Å². The fraction of sp³-hybridized carbons (Fsp3) is 0.133. The van der Waals surface area contributed by atoms with Crippen molar-refractivity contribution in [2.75, 3.05) is 11.4 Å². The van der Waals surface area contributed by atoms with Crippen LogP contribution in [0.15, 0.2) is 45.8 Å². The molecule has 1 heterocycles. The molecule has 0 saturated heterocycles. The molecule has 0 unspecified atom stereocenters. The van der Waals surface area contributed by atoms with E-state index in [0.29, 0.717) is 23.1 Å². The van der Waals surface area contributed by atoms with Crippen molar-refractivity contribution < 1.29 is 18.1 Å². The van der Waals surface area contributed by atoms with Crippen molar-refractivity contribution in [1.82, 2.24) is 0 Å². The summed E-state index contributed by atoms with van der Waals surface area (Å²) >= 11 is 3.23. The maximum absolute atomic E-state index is 12.9. The van der Waals surface area contributed by atoms with Crippen LogP contribution in [0, 0.1) is 10.1 Å². The number of nitrogens with zero attached hydrogens (tertiary/aromatic N) is 2. The van der Waals surface area contributed by atoms with Crippen LogP contribution in [0.3, 0.4) is 0 Å². The third-order valence-electron chi connectivity index (χ3n) is 3.92. The number of benzene rings is 2. The van der Waals surface area contributed by atoms with Gasteiger partial charge in [0.25, 0.3) is 11.6 Å². The van der Waals surface area contributed by atoms with Crippen LogP contribution in [0.1, 0.15) is 15.9 Å². The summed E-state index contributed by atoms with van der Waals surface area (Å²) in [6, 6.07) is 8.27. The topological polar surface area (TPSA) is 124 Å². The van der Waals surface area contributed by atoms with Gasteiger partial charge in [-0.25, -0.2) is 13.6 Å². The van der Waals surface area contributed by atoms with E-state index >= 15 is 0 Å². The number of hydrogen-bond donors (Lipinski definition) is 1. The number of nitro benzene ring substituents is 1. The first-order valence-electron chi connectivity index (χ1n) is 7.10. The molecule has 0 atom stereocenters. The average molecular weight is 426 g/mol. The smallest absolute Gasteiger partial charge is 0.271 e. The summed E-state index contributed by atoms with van der Waals surface area (Å²) in [5.41, 5.74) is 1.27. The van der Waals surface area contributed by atoms with Gasteiger partial charge in [0.2, 0.25) is 10.0 Å². The first kappa shape index (κ1) is 17.5. The minimum absolute atomic E-state index is 0.115. The molecule has 8 nitrogen and oxygen atoms in total. The molecule has 3 rings (SSSR count). The average Bonchev–Trinajstić information content (AvgIpc) is 2.96. The summed E-state index contributed by atoms with van der Waals surface area (Å²) in [4.78, 5) is 24.5. The largest absolute Gasteiger partial charge is 0.307 e. The van der Waals surface area contributed by atoms with E-state index in [1.165, 1.54) is 35.2 Å². The van der Waals surface area contributed by atoms with E-state index in [-0.39, 0.29) is 16.1 Å². The van der Waals surface area contributed by atoms with Crippen LogP contribution >= 0.6 is 15.9 Å². The second-order valence-corrected chi connectivity index (χ2v) is 7.88. The Balaban J connectivity index is 2.05.